The lowest BCUT2D eigenvalue weighted by molar-refractivity contribution is -0.271. The van der Waals surface area contributed by atoms with Crippen LogP contribution in [0.25, 0.3) is 6.08 Å². The van der Waals surface area contributed by atoms with E-state index in [4.69, 9.17) is 19.7 Å². The largest absolute Gasteiger partial charge is 0.479 e. The Hall–Kier alpha value is -2.46. The number of hydrogen-bond donors (Lipinski definition) is 5. The number of para-hydroxylation sites is 1. The molecule has 130 valence electrons. The molecule has 2 rings (SSSR count). The van der Waals surface area contributed by atoms with Crippen molar-refractivity contribution >= 4 is 18.0 Å². The molecule has 1 aliphatic heterocycles. The van der Waals surface area contributed by atoms with E-state index < -0.39 is 42.6 Å². The highest BCUT2D eigenvalue weighted by Gasteiger charge is 2.48. The van der Waals surface area contributed by atoms with Crippen LogP contribution >= 0.6 is 0 Å². The van der Waals surface area contributed by atoms with E-state index in [9.17, 15) is 24.9 Å². The molecule has 5 unspecified atom stereocenters. The van der Waals surface area contributed by atoms with Crippen molar-refractivity contribution in [2.75, 3.05) is 0 Å². The lowest BCUT2D eigenvalue weighted by atomic mass is 9.99. The number of aliphatic carboxylic acids is 2. The molecule has 1 aromatic rings. The predicted molar refractivity (Wildman–Crippen MR) is 78.1 cm³/mol. The Morgan fingerprint density at radius 1 is 1.04 bits per heavy atom. The van der Waals surface area contributed by atoms with Gasteiger partial charge < -0.3 is 35.0 Å². The zero-order valence-corrected chi connectivity index (χ0v) is 12.2. The van der Waals surface area contributed by atoms with Crippen molar-refractivity contribution in [1.82, 2.24) is 0 Å². The van der Waals surface area contributed by atoms with Crippen LogP contribution in [-0.2, 0) is 14.3 Å². The Balaban J connectivity index is 2.23. The van der Waals surface area contributed by atoms with E-state index in [1.165, 1.54) is 18.2 Å². The molecule has 1 aliphatic rings. The fourth-order valence-corrected chi connectivity index (χ4v) is 2.16. The third kappa shape index (κ3) is 3.89. The molecule has 24 heavy (non-hydrogen) atoms. The fraction of sp³-hybridized carbons (Fsp3) is 0.333. The lowest BCUT2D eigenvalue weighted by Gasteiger charge is -2.38. The van der Waals surface area contributed by atoms with Crippen molar-refractivity contribution in [2.24, 2.45) is 0 Å². The van der Waals surface area contributed by atoms with Gasteiger partial charge >= 0.3 is 11.9 Å². The maximum Gasteiger partial charge on any atom is 0.335 e. The van der Waals surface area contributed by atoms with Crippen LogP contribution in [0.5, 0.6) is 5.75 Å². The third-order valence-electron chi connectivity index (χ3n) is 3.38. The highest BCUT2D eigenvalue weighted by Crippen LogP contribution is 2.27. The van der Waals surface area contributed by atoms with Gasteiger partial charge in [-0.2, -0.15) is 0 Å². The standard InChI is InChI=1S/C15H16O9/c16-9(17)6-5-7-3-1-2-4-8(7)23-15-12(20)10(18)11(19)13(24-15)14(21)22/h1-6,10-13,15,18-20H,(H,16,17)(H,21,22)/b6-5+. The Labute approximate surface area is 136 Å². The molecule has 1 heterocycles. The molecule has 0 amide bonds. The minimum absolute atomic E-state index is 0.103. The first-order chi connectivity index (χ1) is 11.3. The second kappa shape index (κ2) is 7.41. The van der Waals surface area contributed by atoms with E-state index in [2.05, 4.69) is 0 Å². The summed E-state index contributed by atoms with van der Waals surface area (Å²) < 4.78 is 10.4. The van der Waals surface area contributed by atoms with Crippen molar-refractivity contribution in [2.45, 2.75) is 30.7 Å². The molecule has 9 nitrogen and oxygen atoms in total. The molecule has 0 aliphatic carbocycles. The van der Waals surface area contributed by atoms with Gasteiger partial charge in [-0.25, -0.2) is 9.59 Å². The molecule has 5 N–H and O–H groups in total. The quantitative estimate of drug-likeness (QED) is 0.427. The smallest absolute Gasteiger partial charge is 0.335 e. The molecular weight excluding hydrogens is 324 g/mol. The van der Waals surface area contributed by atoms with Crippen LogP contribution in [0.4, 0.5) is 0 Å². The third-order valence-corrected chi connectivity index (χ3v) is 3.38. The van der Waals surface area contributed by atoms with Gasteiger partial charge in [0.25, 0.3) is 0 Å². The second-order valence-electron chi connectivity index (χ2n) is 5.06. The van der Waals surface area contributed by atoms with Gasteiger partial charge in [-0.3, -0.25) is 0 Å². The Kier molecular flexibility index (Phi) is 5.52. The molecule has 0 saturated carbocycles. The minimum Gasteiger partial charge on any atom is -0.479 e. The van der Waals surface area contributed by atoms with Crippen molar-refractivity contribution in [1.29, 1.82) is 0 Å². The maximum atomic E-state index is 11.0. The highest BCUT2D eigenvalue weighted by atomic mass is 16.7. The maximum absolute atomic E-state index is 11.0. The first kappa shape index (κ1) is 17.9. The Morgan fingerprint density at radius 2 is 1.71 bits per heavy atom. The van der Waals surface area contributed by atoms with Crippen LogP contribution in [0.3, 0.4) is 0 Å². The van der Waals surface area contributed by atoms with E-state index in [0.29, 0.717) is 5.56 Å². The van der Waals surface area contributed by atoms with Crippen LogP contribution < -0.4 is 4.74 Å². The molecule has 1 fully saturated rings. The summed E-state index contributed by atoms with van der Waals surface area (Å²) >= 11 is 0. The average Bonchev–Trinajstić information content (AvgIpc) is 2.54. The molecule has 1 aromatic carbocycles. The van der Waals surface area contributed by atoms with Crippen LogP contribution in [0.2, 0.25) is 0 Å². The summed E-state index contributed by atoms with van der Waals surface area (Å²) in [6, 6.07) is 6.17. The predicted octanol–water partition coefficient (Wildman–Crippen LogP) is -0.945. The van der Waals surface area contributed by atoms with E-state index in [1.807, 2.05) is 0 Å². The number of ether oxygens (including phenoxy) is 2. The average molecular weight is 340 g/mol. The normalized spacial score (nSPS) is 30.2. The van der Waals surface area contributed by atoms with Gasteiger partial charge in [0.2, 0.25) is 6.29 Å². The molecule has 0 radical (unpaired) electrons. The first-order valence-electron chi connectivity index (χ1n) is 6.90. The lowest BCUT2D eigenvalue weighted by Crippen LogP contribution is -2.61. The summed E-state index contributed by atoms with van der Waals surface area (Å²) in [5, 5.41) is 46.9. The molecule has 9 heteroatoms. The zero-order valence-electron chi connectivity index (χ0n) is 12.2. The van der Waals surface area contributed by atoms with Crippen LogP contribution in [-0.4, -0.2) is 68.2 Å². The fourth-order valence-electron chi connectivity index (χ4n) is 2.16. The second-order valence-corrected chi connectivity index (χ2v) is 5.06. The molecule has 1 saturated heterocycles. The Bertz CT molecular complexity index is 642. The highest BCUT2D eigenvalue weighted by molar-refractivity contribution is 5.85. The van der Waals surface area contributed by atoms with Crippen molar-refractivity contribution in [3.63, 3.8) is 0 Å². The summed E-state index contributed by atoms with van der Waals surface area (Å²) in [6.45, 7) is 0. The van der Waals surface area contributed by atoms with Gasteiger partial charge in [-0.15, -0.1) is 0 Å². The number of aliphatic hydroxyl groups excluding tert-OH is 3. The van der Waals surface area contributed by atoms with E-state index in [0.717, 1.165) is 6.08 Å². The topological polar surface area (TPSA) is 154 Å². The monoisotopic (exact) mass is 340 g/mol. The number of hydrogen-bond acceptors (Lipinski definition) is 7. The van der Waals surface area contributed by atoms with Gasteiger partial charge in [0, 0.05) is 11.6 Å². The van der Waals surface area contributed by atoms with E-state index >= 15 is 0 Å². The molecule has 5 atom stereocenters. The summed E-state index contributed by atoms with van der Waals surface area (Å²) in [6.07, 6.45) is -6.54. The number of carboxylic acid groups (broad SMARTS) is 2. The molecule has 0 spiro atoms. The number of benzene rings is 1. The van der Waals surface area contributed by atoms with Gasteiger partial charge in [0.15, 0.2) is 6.10 Å². The van der Waals surface area contributed by atoms with E-state index in [1.54, 1.807) is 12.1 Å². The van der Waals surface area contributed by atoms with Gasteiger partial charge in [0.1, 0.15) is 24.1 Å². The van der Waals surface area contributed by atoms with Crippen molar-refractivity contribution in [3.8, 4) is 5.75 Å². The number of carbonyl (C=O) groups is 2. The SMILES string of the molecule is O=C(O)/C=C/c1ccccc1OC1OC(C(=O)O)C(O)C(O)C1O. The zero-order chi connectivity index (χ0) is 17.9. The molecule has 0 aromatic heterocycles. The molecular formula is C15H16O9. The first-order valence-corrected chi connectivity index (χ1v) is 6.90. The number of rotatable bonds is 5. The van der Waals surface area contributed by atoms with Gasteiger partial charge in [-0.05, 0) is 12.1 Å². The Morgan fingerprint density at radius 3 is 2.33 bits per heavy atom. The minimum atomic E-state index is -1.82. The van der Waals surface area contributed by atoms with Crippen LogP contribution in [0.1, 0.15) is 5.56 Å². The molecule has 0 bridgehead atoms. The summed E-state index contributed by atoms with van der Waals surface area (Å²) in [4.78, 5) is 21.7. The summed E-state index contributed by atoms with van der Waals surface area (Å²) in [5.41, 5.74) is 0.336. The van der Waals surface area contributed by atoms with Gasteiger partial charge in [-0.1, -0.05) is 18.2 Å². The summed E-state index contributed by atoms with van der Waals surface area (Å²) in [5.74, 6) is -2.60. The number of carboxylic acids is 2. The summed E-state index contributed by atoms with van der Waals surface area (Å²) in [7, 11) is 0. The number of aliphatic hydroxyl groups is 3. The van der Waals surface area contributed by atoms with Crippen LogP contribution in [0, 0.1) is 0 Å². The van der Waals surface area contributed by atoms with Crippen molar-refractivity contribution < 1.29 is 44.6 Å². The van der Waals surface area contributed by atoms with Gasteiger partial charge in [0.05, 0.1) is 0 Å². The van der Waals surface area contributed by atoms with Crippen molar-refractivity contribution in [3.05, 3.63) is 35.9 Å². The van der Waals surface area contributed by atoms with Crippen LogP contribution in [0.15, 0.2) is 30.3 Å². The van der Waals surface area contributed by atoms with E-state index in [-0.39, 0.29) is 5.75 Å².